The van der Waals surface area contributed by atoms with Crippen molar-refractivity contribution in [3.05, 3.63) is 434 Å². The number of furan rings is 3. The van der Waals surface area contributed by atoms with Gasteiger partial charge in [0.25, 0.3) is 0 Å². The van der Waals surface area contributed by atoms with Gasteiger partial charge in [0, 0.05) is 48.6 Å². The Morgan fingerprint density at radius 3 is 0.833 bits per heavy atom. The quantitative estimate of drug-likeness (QED) is 0.123. The monoisotopic (exact) mass is 1680 g/mol. The van der Waals surface area contributed by atoms with Crippen LogP contribution in [0.25, 0.3) is 263 Å². The fourth-order valence-corrected chi connectivity index (χ4v) is 24.6. The Bertz CT molecular complexity index is 9530. The van der Waals surface area contributed by atoms with E-state index in [1.54, 1.807) is 0 Å². The van der Waals surface area contributed by atoms with Crippen molar-refractivity contribution in [1.29, 1.82) is 0 Å². The molecule has 3 aliphatic carbocycles. The minimum Gasteiger partial charge on any atom is -0.456 e. The molecule has 0 spiro atoms. The molecule has 0 amide bonds. The molecule has 3 aromatic heterocycles. The molecule has 0 saturated carbocycles. The van der Waals surface area contributed by atoms with Crippen LogP contribution in [0.15, 0.2) is 414 Å². The van der Waals surface area contributed by atoms with Crippen molar-refractivity contribution in [1.82, 2.24) is 0 Å². The molecule has 3 nitrogen and oxygen atoms in total. The Balaban J connectivity index is 0.000000132. The summed E-state index contributed by atoms with van der Waals surface area (Å²) >= 11 is 0. The highest BCUT2D eigenvalue weighted by molar-refractivity contribution is 6.28. The van der Waals surface area contributed by atoms with Gasteiger partial charge in [-0.3, -0.25) is 0 Å². The zero-order valence-corrected chi connectivity index (χ0v) is 73.8. The van der Waals surface area contributed by atoms with E-state index in [4.69, 9.17) is 13.3 Å². The third-order valence-corrected chi connectivity index (χ3v) is 30.6. The maximum Gasteiger partial charge on any atom is 0.136 e. The summed E-state index contributed by atoms with van der Waals surface area (Å²) in [6.45, 7) is 14.3. The standard InChI is InChI=1S/C65H40O2.C64H44O/c1-65(2)55-28-23-38(34-53(55)63-45-17-7-5-15-43(45)44-16-6-12-22-50(44)64(63)65)39-25-29-56-51(33-39)52-35-40(26-30-57(52)66-56)60-46-18-8-10-20-48(46)61(49-21-11-9-19-47(49)60)41-27-31-58-54(36-41)62-42-14-4-3-13-37(42)24-32-59(62)67-58;1-63(2)54-24-14-13-17-43(54)44-29-25-40(36-56(44)63)60-48-21-10-8-19-46(48)59(47-20-9-11-22-49(47)60)39-28-32-58-52(35-39)51-33-38(27-31-57(51)65-58)37-26-30-55-53(34-37)61-45-18-7-5-15-41(45)42-16-6-12-23-50(42)62(61)64(55,3)4/h3-36H,1-2H3;5-36H,1-4H3. The fraction of sp³-hybridized carbons (Fsp3) is 0.0698. The highest BCUT2D eigenvalue weighted by atomic mass is 16.3. The van der Waals surface area contributed by atoms with Gasteiger partial charge in [0.2, 0.25) is 0 Å². The van der Waals surface area contributed by atoms with E-state index < -0.39 is 0 Å². The van der Waals surface area contributed by atoms with Crippen molar-refractivity contribution in [3.8, 4) is 100 Å². The van der Waals surface area contributed by atoms with Crippen LogP contribution >= 0.6 is 0 Å². The van der Waals surface area contributed by atoms with E-state index in [0.717, 1.165) is 71.4 Å². The lowest BCUT2D eigenvalue weighted by molar-refractivity contribution is 0.660. The molecular formula is C129H84O3. The molecule has 3 aliphatic rings. The summed E-state index contributed by atoms with van der Waals surface area (Å²) in [6, 6.07) is 149. The second kappa shape index (κ2) is 27.4. The molecule has 618 valence electrons. The van der Waals surface area contributed by atoms with Gasteiger partial charge in [0.05, 0.1) is 0 Å². The molecule has 132 heavy (non-hydrogen) atoms. The van der Waals surface area contributed by atoms with Gasteiger partial charge in [0.15, 0.2) is 0 Å². The Kier molecular flexibility index (Phi) is 15.6. The average Bonchev–Trinajstić information content (AvgIpc) is 1.49. The number of hydrogen-bond acceptors (Lipinski definition) is 3. The zero-order chi connectivity index (χ0) is 87.5. The van der Waals surface area contributed by atoms with Gasteiger partial charge >= 0.3 is 0 Å². The van der Waals surface area contributed by atoms with Gasteiger partial charge in [0.1, 0.15) is 33.5 Å². The van der Waals surface area contributed by atoms with E-state index in [1.807, 2.05) is 0 Å². The minimum absolute atomic E-state index is 0.0801. The Morgan fingerprint density at radius 2 is 0.417 bits per heavy atom. The molecule has 3 heterocycles. The highest BCUT2D eigenvalue weighted by Gasteiger charge is 2.42. The molecule has 26 aromatic rings. The van der Waals surface area contributed by atoms with E-state index in [1.165, 1.54) is 225 Å². The molecule has 0 N–H and O–H groups in total. The van der Waals surface area contributed by atoms with E-state index in [-0.39, 0.29) is 16.2 Å². The van der Waals surface area contributed by atoms with Gasteiger partial charge in [-0.2, -0.15) is 0 Å². The van der Waals surface area contributed by atoms with Crippen molar-refractivity contribution in [2.45, 2.75) is 57.8 Å². The maximum absolute atomic E-state index is 6.60. The van der Waals surface area contributed by atoms with Crippen LogP contribution in [-0.2, 0) is 16.2 Å². The number of fused-ring (bicyclic) bond motifs is 34. The largest absolute Gasteiger partial charge is 0.456 e. The van der Waals surface area contributed by atoms with Crippen LogP contribution in [0, 0.1) is 0 Å². The molecule has 0 radical (unpaired) electrons. The summed E-state index contributed by atoms with van der Waals surface area (Å²) in [5.41, 5.74) is 36.1. The first kappa shape index (κ1) is 74.8. The molecule has 0 aliphatic heterocycles. The highest BCUT2D eigenvalue weighted by Crippen LogP contribution is 2.60. The normalized spacial score (nSPS) is 13.9. The lowest BCUT2D eigenvalue weighted by atomic mass is 9.79. The summed E-state index contributed by atoms with van der Waals surface area (Å²) in [4.78, 5) is 0. The second-order valence-electron chi connectivity index (χ2n) is 38.6. The predicted octanol–water partition coefficient (Wildman–Crippen LogP) is 36.4. The summed E-state index contributed by atoms with van der Waals surface area (Å²) in [5, 5.41) is 29.7. The van der Waals surface area contributed by atoms with Gasteiger partial charge in [-0.1, -0.05) is 357 Å². The van der Waals surface area contributed by atoms with Crippen LogP contribution in [0.4, 0.5) is 0 Å². The van der Waals surface area contributed by atoms with Gasteiger partial charge < -0.3 is 13.3 Å². The maximum atomic E-state index is 6.60. The summed E-state index contributed by atoms with van der Waals surface area (Å²) in [6.07, 6.45) is 0. The predicted molar refractivity (Wildman–Crippen MR) is 558 cm³/mol. The smallest absolute Gasteiger partial charge is 0.136 e. The fourth-order valence-electron chi connectivity index (χ4n) is 24.6. The van der Waals surface area contributed by atoms with Crippen molar-refractivity contribution < 1.29 is 13.3 Å². The Hall–Kier alpha value is -16.2. The summed E-state index contributed by atoms with van der Waals surface area (Å²) in [5.74, 6) is 0. The Morgan fingerprint density at radius 1 is 0.152 bits per heavy atom. The molecule has 0 unspecified atom stereocenters. The van der Waals surface area contributed by atoms with E-state index >= 15 is 0 Å². The number of rotatable bonds is 6. The van der Waals surface area contributed by atoms with E-state index in [9.17, 15) is 0 Å². The van der Waals surface area contributed by atoms with Crippen molar-refractivity contribution in [2.24, 2.45) is 0 Å². The van der Waals surface area contributed by atoms with Crippen LogP contribution in [-0.4, -0.2) is 0 Å². The summed E-state index contributed by atoms with van der Waals surface area (Å²) in [7, 11) is 0. The lowest BCUT2D eigenvalue weighted by Crippen LogP contribution is -2.15. The first-order valence-electron chi connectivity index (χ1n) is 46.3. The molecular weight excluding hydrogens is 1600 g/mol. The first-order chi connectivity index (χ1) is 64.7. The third kappa shape index (κ3) is 10.5. The van der Waals surface area contributed by atoms with Crippen molar-refractivity contribution in [2.75, 3.05) is 0 Å². The van der Waals surface area contributed by atoms with Gasteiger partial charge in [-0.15, -0.1) is 0 Å². The SMILES string of the molecule is CC1(C)c2ccc(-c3ccc4oc5ccc(-c6c7ccccc7c(-c7ccc8oc9ccc%10ccccc%10c9c8c7)c7ccccc67)cc5c4c3)cc2-c2c1c1ccccc1c1ccccc21.CC1(C)c2ccccc2-c2ccc(-c3c4ccccc4c(-c4ccc5oc6ccc(-c7ccc8c(c7)-c7c(c9ccccc9c9ccccc79)C8(C)C)cc6c5c4)c4ccccc34)cc21. The van der Waals surface area contributed by atoms with Crippen LogP contribution < -0.4 is 0 Å². The van der Waals surface area contributed by atoms with Crippen molar-refractivity contribution >= 4 is 163 Å². The molecule has 29 rings (SSSR count). The average molecular weight is 1680 g/mol. The van der Waals surface area contributed by atoms with Crippen LogP contribution in [0.1, 0.15) is 74.9 Å². The third-order valence-electron chi connectivity index (χ3n) is 30.6. The molecule has 0 saturated heterocycles. The topological polar surface area (TPSA) is 39.4 Å². The molecule has 0 atom stereocenters. The molecule has 23 aromatic carbocycles. The first-order valence-corrected chi connectivity index (χ1v) is 46.3. The van der Waals surface area contributed by atoms with Crippen LogP contribution in [0.3, 0.4) is 0 Å². The zero-order valence-electron chi connectivity index (χ0n) is 73.8. The van der Waals surface area contributed by atoms with Crippen LogP contribution in [0.5, 0.6) is 0 Å². The van der Waals surface area contributed by atoms with E-state index in [0.29, 0.717) is 0 Å². The van der Waals surface area contributed by atoms with Crippen molar-refractivity contribution in [3.63, 3.8) is 0 Å². The summed E-state index contributed by atoms with van der Waals surface area (Å²) < 4.78 is 19.7. The molecule has 3 heteroatoms. The van der Waals surface area contributed by atoms with Gasteiger partial charge in [-0.05, 0) is 315 Å². The lowest BCUT2D eigenvalue weighted by Gasteiger charge is -2.24. The van der Waals surface area contributed by atoms with Gasteiger partial charge in [-0.25, -0.2) is 0 Å². The minimum atomic E-state index is -0.141. The molecule has 0 fully saturated rings. The molecule has 0 bridgehead atoms. The number of benzene rings is 23. The van der Waals surface area contributed by atoms with Crippen LogP contribution in [0.2, 0.25) is 0 Å². The van der Waals surface area contributed by atoms with E-state index in [2.05, 4.69) is 442 Å². The Labute approximate surface area is 762 Å². The number of hydrogen-bond donors (Lipinski definition) is 0. The second-order valence-corrected chi connectivity index (χ2v) is 38.6.